The van der Waals surface area contributed by atoms with Gasteiger partial charge in [-0.15, -0.1) is 11.3 Å². The summed E-state index contributed by atoms with van der Waals surface area (Å²) in [5, 5.41) is 10.7. The van der Waals surface area contributed by atoms with Crippen molar-refractivity contribution in [3.8, 4) is 0 Å². The van der Waals surface area contributed by atoms with Crippen molar-refractivity contribution in [3.63, 3.8) is 0 Å². The molecule has 3 N–H and O–H groups in total. The second-order valence-corrected chi connectivity index (χ2v) is 5.61. The number of hydrogen-bond acceptors (Lipinski definition) is 6. The predicted octanol–water partition coefficient (Wildman–Crippen LogP) is -0.461. The topological polar surface area (TPSA) is 93.3 Å². The molecule has 1 unspecified atom stereocenters. The number of aliphatic hydroxyl groups is 1. The van der Waals surface area contributed by atoms with E-state index in [2.05, 4.69) is 4.98 Å². The van der Waals surface area contributed by atoms with Gasteiger partial charge in [-0.1, -0.05) is 0 Å². The van der Waals surface area contributed by atoms with Gasteiger partial charge in [0.25, 0.3) is 0 Å². The normalized spacial score (nSPS) is 14.4. The summed E-state index contributed by atoms with van der Waals surface area (Å²) in [6.45, 7) is 0.0347. The lowest BCUT2D eigenvalue weighted by Crippen LogP contribution is -2.12. The van der Waals surface area contributed by atoms with Crippen LogP contribution in [0.1, 0.15) is 11.8 Å². The molecule has 7 heteroatoms. The lowest BCUT2D eigenvalue weighted by atomic mass is 10.3. The maximum absolute atomic E-state index is 11.0. The molecular formula is C6H10N2O3S2. The average molecular weight is 222 g/mol. The van der Waals surface area contributed by atoms with Gasteiger partial charge in [-0.2, -0.15) is 0 Å². The first kappa shape index (κ1) is 10.6. The Morgan fingerprint density at radius 1 is 1.77 bits per heavy atom. The minimum Gasteiger partial charge on any atom is -0.385 e. The zero-order valence-corrected chi connectivity index (χ0v) is 8.60. The minimum atomic E-state index is -3.27. The monoisotopic (exact) mass is 222 g/mol. The van der Waals surface area contributed by atoms with E-state index in [-0.39, 0.29) is 10.9 Å². The van der Waals surface area contributed by atoms with Crippen molar-refractivity contribution >= 4 is 21.2 Å². The van der Waals surface area contributed by atoms with Crippen molar-refractivity contribution in [3.05, 3.63) is 11.1 Å². The molecule has 5 nitrogen and oxygen atoms in total. The number of rotatable bonds is 3. The molecule has 74 valence electrons. The number of thiazole rings is 1. The Hall–Kier alpha value is -0.500. The van der Waals surface area contributed by atoms with Crippen LogP contribution in [0, 0.1) is 0 Å². The van der Waals surface area contributed by atoms with E-state index in [0.29, 0.717) is 5.69 Å². The van der Waals surface area contributed by atoms with Crippen molar-refractivity contribution < 1.29 is 13.5 Å². The number of nitrogens with two attached hydrogens (primary N) is 1. The van der Waals surface area contributed by atoms with Gasteiger partial charge in [-0.3, -0.25) is 0 Å². The molecule has 1 aromatic heterocycles. The molecule has 1 heterocycles. The van der Waals surface area contributed by atoms with Crippen LogP contribution in [0.25, 0.3) is 0 Å². The molecule has 0 saturated carbocycles. The molecule has 0 spiro atoms. The van der Waals surface area contributed by atoms with Crippen LogP contribution in [0.15, 0.2) is 9.72 Å². The van der Waals surface area contributed by atoms with Gasteiger partial charge in [0.2, 0.25) is 14.2 Å². The molecule has 1 aromatic rings. The van der Waals surface area contributed by atoms with E-state index in [1.165, 1.54) is 5.38 Å². The van der Waals surface area contributed by atoms with Gasteiger partial charge in [0, 0.05) is 18.2 Å². The second kappa shape index (κ2) is 3.70. The van der Waals surface area contributed by atoms with Gasteiger partial charge >= 0.3 is 0 Å². The zero-order chi connectivity index (χ0) is 10.1. The first-order valence-corrected chi connectivity index (χ1v) is 6.26. The van der Waals surface area contributed by atoms with E-state index in [9.17, 15) is 13.5 Å². The third kappa shape index (κ3) is 2.47. The predicted molar refractivity (Wildman–Crippen MR) is 49.2 cm³/mol. The molecular weight excluding hydrogens is 212 g/mol. The maximum Gasteiger partial charge on any atom is 0.209 e. The Morgan fingerprint density at radius 3 is 2.77 bits per heavy atom. The quantitative estimate of drug-likeness (QED) is 0.721. The van der Waals surface area contributed by atoms with Crippen LogP contribution in [0.4, 0.5) is 0 Å². The summed E-state index contributed by atoms with van der Waals surface area (Å²) in [6.07, 6.45) is 0.191. The molecule has 13 heavy (non-hydrogen) atoms. The molecule has 0 aromatic carbocycles. The van der Waals surface area contributed by atoms with Gasteiger partial charge in [-0.05, 0) is 0 Å². The highest BCUT2D eigenvalue weighted by molar-refractivity contribution is 7.92. The van der Waals surface area contributed by atoms with E-state index < -0.39 is 15.9 Å². The van der Waals surface area contributed by atoms with Crippen molar-refractivity contribution in [2.45, 2.75) is 10.4 Å². The second-order valence-electron chi connectivity index (χ2n) is 2.56. The zero-order valence-electron chi connectivity index (χ0n) is 6.97. The highest BCUT2D eigenvalue weighted by Gasteiger charge is 2.15. The Morgan fingerprint density at radius 2 is 2.38 bits per heavy atom. The number of aliphatic hydroxyl groups excluding tert-OH is 1. The summed E-state index contributed by atoms with van der Waals surface area (Å²) >= 11 is 0.986. The van der Waals surface area contributed by atoms with Gasteiger partial charge in [-0.25, -0.2) is 13.4 Å². The van der Waals surface area contributed by atoms with Crippen LogP contribution in [-0.4, -0.2) is 31.3 Å². The molecule has 1 atom stereocenters. The molecule has 0 saturated heterocycles. The Balaban J connectivity index is 3.00. The number of sulfone groups is 1. The number of hydrogen-bond donors (Lipinski definition) is 2. The SMILES string of the molecule is CS(=O)(=O)c1nc(C(O)CN)cs1. The molecule has 0 radical (unpaired) electrons. The number of aromatic nitrogens is 1. The van der Waals surface area contributed by atoms with E-state index in [4.69, 9.17) is 5.73 Å². The molecule has 0 aliphatic carbocycles. The van der Waals surface area contributed by atoms with E-state index in [0.717, 1.165) is 17.6 Å². The van der Waals surface area contributed by atoms with Gasteiger partial charge in [0.1, 0.15) is 6.10 Å². The van der Waals surface area contributed by atoms with E-state index in [1.807, 2.05) is 0 Å². The Bertz CT molecular complexity index is 384. The Kier molecular flexibility index (Phi) is 3.01. The summed E-state index contributed by atoms with van der Waals surface area (Å²) in [5.41, 5.74) is 5.50. The highest BCUT2D eigenvalue weighted by atomic mass is 32.2. The molecule has 0 aliphatic heterocycles. The summed E-state index contributed by atoms with van der Waals surface area (Å²) in [6, 6.07) is 0. The maximum atomic E-state index is 11.0. The van der Waals surface area contributed by atoms with Gasteiger partial charge in [0.15, 0.2) is 0 Å². The molecule has 1 rings (SSSR count). The fraction of sp³-hybridized carbons (Fsp3) is 0.500. The Labute approximate surface area is 80.1 Å². The van der Waals surface area contributed by atoms with Crippen molar-refractivity contribution in [1.82, 2.24) is 4.98 Å². The summed E-state index contributed by atoms with van der Waals surface area (Å²) in [4.78, 5) is 3.75. The highest BCUT2D eigenvalue weighted by Crippen LogP contribution is 2.19. The third-order valence-corrected chi connectivity index (χ3v) is 3.96. The third-order valence-electron chi connectivity index (χ3n) is 1.38. The van der Waals surface area contributed by atoms with Crippen molar-refractivity contribution in [2.75, 3.05) is 12.8 Å². The largest absolute Gasteiger partial charge is 0.385 e. The summed E-state index contributed by atoms with van der Waals surface area (Å²) in [5.74, 6) is 0. The first-order chi connectivity index (χ1) is 5.95. The van der Waals surface area contributed by atoms with Crippen LogP contribution in [0.5, 0.6) is 0 Å². The van der Waals surface area contributed by atoms with Gasteiger partial charge in [0.05, 0.1) is 5.69 Å². The van der Waals surface area contributed by atoms with Crippen molar-refractivity contribution in [2.24, 2.45) is 5.73 Å². The molecule has 0 fully saturated rings. The summed E-state index contributed by atoms with van der Waals surface area (Å²) < 4.78 is 22.0. The lowest BCUT2D eigenvalue weighted by Gasteiger charge is -2.01. The van der Waals surface area contributed by atoms with Crippen LogP contribution in [0.3, 0.4) is 0 Å². The first-order valence-electron chi connectivity index (χ1n) is 3.48. The van der Waals surface area contributed by atoms with Crippen LogP contribution in [0.2, 0.25) is 0 Å². The number of nitrogens with zero attached hydrogens (tertiary/aromatic N) is 1. The fourth-order valence-corrected chi connectivity index (χ4v) is 2.42. The van der Waals surface area contributed by atoms with Gasteiger partial charge < -0.3 is 10.8 Å². The minimum absolute atomic E-state index is 0.00926. The van der Waals surface area contributed by atoms with Crippen LogP contribution >= 0.6 is 11.3 Å². The lowest BCUT2D eigenvalue weighted by molar-refractivity contribution is 0.182. The average Bonchev–Trinajstić information content (AvgIpc) is 2.50. The van der Waals surface area contributed by atoms with E-state index in [1.54, 1.807) is 0 Å². The molecule has 0 amide bonds. The van der Waals surface area contributed by atoms with Crippen LogP contribution < -0.4 is 5.73 Å². The standard InChI is InChI=1S/C6H10N2O3S2/c1-13(10,11)6-8-4(3-12-6)5(9)2-7/h3,5,9H,2,7H2,1H3. The smallest absolute Gasteiger partial charge is 0.209 e. The van der Waals surface area contributed by atoms with Crippen LogP contribution in [-0.2, 0) is 9.84 Å². The molecule has 0 aliphatic rings. The fourth-order valence-electron chi connectivity index (χ4n) is 0.713. The van der Waals surface area contributed by atoms with Crippen molar-refractivity contribution in [1.29, 1.82) is 0 Å². The summed E-state index contributed by atoms with van der Waals surface area (Å²) in [7, 11) is -3.27. The van der Waals surface area contributed by atoms with E-state index >= 15 is 0 Å². The molecule has 0 bridgehead atoms.